The molecule has 1 unspecified atom stereocenters. The van der Waals surface area contributed by atoms with Gasteiger partial charge in [-0.3, -0.25) is 9.59 Å². The Morgan fingerprint density at radius 2 is 1.44 bits per heavy atom. The van der Waals surface area contributed by atoms with Crippen LogP contribution in [0.15, 0.2) is 66.7 Å². The molecule has 2 bridgehead atoms. The zero-order valence-electron chi connectivity index (χ0n) is 19.1. The van der Waals surface area contributed by atoms with Crippen LogP contribution in [0.25, 0.3) is 0 Å². The van der Waals surface area contributed by atoms with E-state index in [-0.39, 0.29) is 29.3 Å². The number of anilines is 1. The topological polar surface area (TPSA) is 85.1 Å². The van der Waals surface area contributed by atoms with Gasteiger partial charge in [-0.25, -0.2) is 10.1 Å². The number of quaternary nitrogens is 1. The van der Waals surface area contributed by atoms with Crippen molar-refractivity contribution < 1.29 is 20.0 Å². The summed E-state index contributed by atoms with van der Waals surface area (Å²) in [6, 6.07) is 20.8. The highest BCUT2D eigenvalue weighted by Gasteiger charge is 2.61. The minimum atomic E-state index is -1.04. The first kappa shape index (κ1) is 21.2. The zero-order chi connectivity index (χ0) is 23.7. The van der Waals surface area contributed by atoms with Crippen molar-refractivity contribution in [3.8, 4) is 0 Å². The summed E-state index contributed by atoms with van der Waals surface area (Å²) >= 11 is 0. The van der Waals surface area contributed by atoms with Crippen molar-refractivity contribution in [2.24, 2.45) is 11.8 Å². The van der Waals surface area contributed by atoms with E-state index in [4.69, 9.17) is 0 Å². The molecule has 6 atom stereocenters. The normalized spacial score (nSPS) is 26.2. The molecule has 3 aliphatic carbocycles. The number of benzene rings is 3. The van der Waals surface area contributed by atoms with Gasteiger partial charge in [0.25, 0.3) is 0 Å². The second-order valence-corrected chi connectivity index (χ2v) is 9.70. The molecular formula is C28H26N2O4. The lowest BCUT2D eigenvalue weighted by molar-refractivity contribution is -0.991. The van der Waals surface area contributed by atoms with Gasteiger partial charge < -0.3 is 5.21 Å². The molecule has 2 N–H and O–H groups in total. The van der Waals surface area contributed by atoms with Gasteiger partial charge in [0.1, 0.15) is 0 Å². The second-order valence-electron chi connectivity index (χ2n) is 9.70. The molecular weight excluding hydrogens is 428 g/mol. The fraction of sp³-hybridized carbons (Fsp3) is 0.286. The SMILES string of the molecule is CC[C@H](C)c1ccc2c(c1)[C@@H]1c3ccccc3[C@@H]2[C@@H]2C(=O)N(c3ccc([NH+]([O-])O)cc3)C(=O)[C@H]12. The summed E-state index contributed by atoms with van der Waals surface area (Å²) in [6.07, 6.45) is 1.03. The molecule has 1 heterocycles. The van der Waals surface area contributed by atoms with E-state index in [2.05, 4.69) is 44.2 Å². The van der Waals surface area contributed by atoms with Crippen LogP contribution >= 0.6 is 0 Å². The van der Waals surface area contributed by atoms with E-state index in [1.54, 1.807) is 12.1 Å². The van der Waals surface area contributed by atoms with E-state index < -0.39 is 17.1 Å². The monoisotopic (exact) mass is 454 g/mol. The Bertz CT molecular complexity index is 1320. The Hall–Kier alpha value is -3.32. The first-order valence-electron chi connectivity index (χ1n) is 11.9. The molecule has 7 rings (SSSR count). The van der Waals surface area contributed by atoms with Gasteiger partial charge in [0.15, 0.2) is 5.69 Å². The summed E-state index contributed by atoms with van der Waals surface area (Å²) in [6.45, 7) is 4.39. The van der Waals surface area contributed by atoms with Crippen LogP contribution in [0.5, 0.6) is 0 Å². The highest BCUT2D eigenvalue weighted by atomic mass is 16.8. The molecule has 0 radical (unpaired) electrons. The second kappa shape index (κ2) is 7.60. The lowest BCUT2D eigenvalue weighted by Crippen LogP contribution is -2.99. The van der Waals surface area contributed by atoms with Crippen LogP contribution in [0.2, 0.25) is 0 Å². The highest BCUT2D eigenvalue weighted by Crippen LogP contribution is 2.61. The lowest BCUT2D eigenvalue weighted by atomic mass is 9.54. The summed E-state index contributed by atoms with van der Waals surface area (Å²) < 4.78 is 0. The van der Waals surface area contributed by atoms with Crippen LogP contribution in [-0.2, 0) is 9.59 Å². The molecule has 0 saturated carbocycles. The van der Waals surface area contributed by atoms with Crippen molar-refractivity contribution in [1.82, 2.24) is 0 Å². The Kier molecular flexibility index (Phi) is 4.74. The van der Waals surface area contributed by atoms with Gasteiger partial charge in [-0.2, -0.15) is 5.23 Å². The van der Waals surface area contributed by atoms with Gasteiger partial charge in [0.2, 0.25) is 11.8 Å². The van der Waals surface area contributed by atoms with Gasteiger partial charge in [-0.15, -0.1) is 0 Å². The number of amides is 2. The molecule has 4 aliphatic rings. The molecule has 3 aromatic rings. The third kappa shape index (κ3) is 2.79. The molecule has 0 spiro atoms. The maximum absolute atomic E-state index is 13.8. The van der Waals surface area contributed by atoms with Crippen molar-refractivity contribution >= 4 is 23.2 Å². The predicted molar refractivity (Wildman–Crippen MR) is 127 cm³/mol. The number of imide groups is 1. The number of nitrogens with one attached hydrogen (secondary N) is 1. The van der Waals surface area contributed by atoms with E-state index in [1.165, 1.54) is 28.2 Å². The van der Waals surface area contributed by atoms with E-state index >= 15 is 0 Å². The van der Waals surface area contributed by atoms with Crippen molar-refractivity contribution in [3.05, 3.63) is 99.8 Å². The summed E-state index contributed by atoms with van der Waals surface area (Å²) in [7, 11) is 0. The molecule has 6 nitrogen and oxygen atoms in total. The van der Waals surface area contributed by atoms with Crippen LogP contribution < -0.4 is 10.1 Å². The first-order valence-corrected chi connectivity index (χ1v) is 11.9. The molecule has 1 fully saturated rings. The summed E-state index contributed by atoms with van der Waals surface area (Å²) in [4.78, 5) is 28.9. The fourth-order valence-electron chi connectivity index (χ4n) is 6.30. The van der Waals surface area contributed by atoms with Crippen molar-refractivity contribution in [2.75, 3.05) is 4.90 Å². The number of carbonyl (C=O) groups is 2. The quantitative estimate of drug-likeness (QED) is 0.461. The smallest absolute Gasteiger partial charge is 0.238 e. The number of hydrogen-bond donors (Lipinski definition) is 2. The van der Waals surface area contributed by atoms with Gasteiger partial charge >= 0.3 is 0 Å². The minimum Gasteiger partial charge on any atom is -0.595 e. The summed E-state index contributed by atoms with van der Waals surface area (Å²) in [5.74, 6) is -1.19. The maximum atomic E-state index is 13.8. The highest BCUT2D eigenvalue weighted by molar-refractivity contribution is 6.23. The molecule has 1 aliphatic heterocycles. The van der Waals surface area contributed by atoms with E-state index in [9.17, 15) is 20.0 Å². The molecule has 0 aromatic heterocycles. The first-order chi connectivity index (χ1) is 16.4. The predicted octanol–water partition coefficient (Wildman–Crippen LogP) is 4.00. The number of hydrogen-bond acceptors (Lipinski definition) is 4. The van der Waals surface area contributed by atoms with Crippen LogP contribution in [-0.4, -0.2) is 17.0 Å². The van der Waals surface area contributed by atoms with Crippen LogP contribution in [0.4, 0.5) is 11.4 Å². The van der Waals surface area contributed by atoms with Gasteiger partial charge in [0, 0.05) is 24.0 Å². The Balaban J connectivity index is 1.49. The largest absolute Gasteiger partial charge is 0.595 e. The minimum absolute atomic E-state index is 0.123. The van der Waals surface area contributed by atoms with Crippen LogP contribution in [0, 0.1) is 17.0 Å². The van der Waals surface area contributed by atoms with Crippen molar-refractivity contribution in [2.45, 2.75) is 38.0 Å². The van der Waals surface area contributed by atoms with Crippen LogP contribution in [0.1, 0.15) is 65.8 Å². The van der Waals surface area contributed by atoms with Gasteiger partial charge in [-0.1, -0.05) is 56.3 Å². The standard InChI is InChI=1S/C28H26N2O4/c1-3-15(2)16-8-13-21-22(14-16)24-20-7-5-4-6-19(20)23(21)25-26(24)28(32)29(27(25)31)17-9-11-18(12-10-17)30(33)34/h4-15,23-26,30,33H,3H2,1-2H3/t15-,23-,24-,25-,26+/m0/s1. The Morgan fingerprint density at radius 3 is 2.00 bits per heavy atom. The summed E-state index contributed by atoms with van der Waals surface area (Å²) in [5, 5.41) is 19.4. The Labute approximate surface area is 198 Å². The number of rotatable bonds is 4. The molecule has 172 valence electrons. The fourth-order valence-corrected chi connectivity index (χ4v) is 6.30. The summed E-state index contributed by atoms with van der Waals surface area (Å²) in [5.41, 5.74) is 6.43. The third-order valence-corrected chi connectivity index (χ3v) is 8.12. The molecule has 1 saturated heterocycles. The van der Waals surface area contributed by atoms with Gasteiger partial charge in [-0.05, 0) is 52.3 Å². The van der Waals surface area contributed by atoms with Crippen molar-refractivity contribution in [3.63, 3.8) is 0 Å². The lowest BCUT2D eigenvalue weighted by Gasteiger charge is -2.46. The maximum Gasteiger partial charge on any atom is 0.238 e. The third-order valence-electron chi connectivity index (χ3n) is 8.12. The van der Waals surface area contributed by atoms with Crippen molar-refractivity contribution in [1.29, 1.82) is 0 Å². The average Bonchev–Trinajstić information content (AvgIpc) is 3.13. The zero-order valence-corrected chi connectivity index (χ0v) is 19.1. The van der Waals surface area contributed by atoms with E-state index in [0.717, 1.165) is 23.1 Å². The molecule has 3 aromatic carbocycles. The number of carbonyl (C=O) groups excluding carboxylic acids is 2. The molecule has 34 heavy (non-hydrogen) atoms. The molecule has 2 amide bonds. The average molecular weight is 455 g/mol. The van der Waals surface area contributed by atoms with E-state index in [1.807, 2.05) is 12.1 Å². The number of nitrogens with zero attached hydrogens (tertiary/aromatic N) is 1. The molecule has 6 heteroatoms. The van der Waals surface area contributed by atoms with Crippen LogP contribution in [0.3, 0.4) is 0 Å². The van der Waals surface area contributed by atoms with E-state index in [0.29, 0.717) is 11.6 Å². The Morgan fingerprint density at radius 1 is 0.882 bits per heavy atom. The van der Waals surface area contributed by atoms with Gasteiger partial charge in [0.05, 0.1) is 17.5 Å².